The molecule has 1 atom stereocenters. The van der Waals surface area contributed by atoms with Crippen molar-refractivity contribution in [2.75, 3.05) is 30.8 Å². The maximum atomic E-state index is 12.4. The Morgan fingerprint density at radius 2 is 2.05 bits per heavy atom. The minimum Gasteiger partial charge on any atom is -0.390 e. The van der Waals surface area contributed by atoms with E-state index in [0.29, 0.717) is 22.8 Å². The number of hydrogen-bond acceptors (Lipinski definition) is 3. The van der Waals surface area contributed by atoms with E-state index in [1.54, 1.807) is 18.2 Å². The molecule has 1 fully saturated rings. The molecule has 2 rings (SSSR count). The summed E-state index contributed by atoms with van der Waals surface area (Å²) in [7, 11) is 0. The molecule has 1 unspecified atom stereocenters. The molecule has 6 heteroatoms. The van der Waals surface area contributed by atoms with Crippen LogP contribution in [0.3, 0.4) is 0 Å². The largest absolute Gasteiger partial charge is 0.390 e. The molecule has 1 aliphatic rings. The first kappa shape index (κ1) is 16.4. The molecule has 0 bridgehead atoms. The number of alkyl halides is 1. The number of amides is 1. The van der Waals surface area contributed by atoms with Crippen LogP contribution in [-0.4, -0.2) is 47.5 Å². The van der Waals surface area contributed by atoms with Crippen LogP contribution in [0.25, 0.3) is 0 Å². The van der Waals surface area contributed by atoms with E-state index in [1.165, 1.54) is 6.42 Å². The summed E-state index contributed by atoms with van der Waals surface area (Å²) in [6.07, 6.45) is 2.66. The highest BCUT2D eigenvalue weighted by atomic mass is 35.5. The van der Waals surface area contributed by atoms with E-state index in [0.717, 1.165) is 25.9 Å². The molecule has 4 nitrogen and oxygen atoms in total. The van der Waals surface area contributed by atoms with Crippen molar-refractivity contribution in [2.45, 2.75) is 25.4 Å². The molecule has 116 valence electrons. The van der Waals surface area contributed by atoms with Crippen molar-refractivity contribution in [3.8, 4) is 0 Å². The third-order valence-electron chi connectivity index (χ3n) is 3.56. The lowest BCUT2D eigenvalue weighted by Gasteiger charge is -2.27. The van der Waals surface area contributed by atoms with Gasteiger partial charge in [-0.05, 0) is 37.5 Å². The molecule has 1 heterocycles. The van der Waals surface area contributed by atoms with E-state index in [9.17, 15) is 9.90 Å². The van der Waals surface area contributed by atoms with E-state index < -0.39 is 6.10 Å². The molecule has 2 N–H and O–H groups in total. The normalized spacial score (nSPS) is 16.6. The third-order valence-corrected chi connectivity index (χ3v) is 4.25. The number of rotatable bonds is 5. The predicted octanol–water partition coefficient (Wildman–Crippen LogP) is 2.98. The van der Waals surface area contributed by atoms with Gasteiger partial charge >= 0.3 is 0 Å². The Hall–Kier alpha value is -0.970. The quantitative estimate of drug-likeness (QED) is 0.816. The molecule has 0 aromatic heterocycles. The van der Waals surface area contributed by atoms with Gasteiger partial charge in [0.25, 0.3) is 5.91 Å². The highest BCUT2D eigenvalue weighted by molar-refractivity contribution is 6.33. The molecular weight excluding hydrogens is 311 g/mol. The number of carbonyl (C=O) groups is 1. The fourth-order valence-corrected chi connectivity index (χ4v) is 2.65. The lowest BCUT2D eigenvalue weighted by Crippen LogP contribution is -2.35. The molecule has 0 saturated carbocycles. The lowest BCUT2D eigenvalue weighted by molar-refractivity contribution is 0.0724. The number of nitrogens with zero attached hydrogens (tertiary/aromatic N) is 1. The number of anilines is 1. The topological polar surface area (TPSA) is 52.6 Å². The Bertz CT molecular complexity index is 491. The van der Waals surface area contributed by atoms with Crippen LogP contribution < -0.4 is 5.32 Å². The zero-order valence-corrected chi connectivity index (χ0v) is 13.3. The van der Waals surface area contributed by atoms with Crippen molar-refractivity contribution >= 4 is 34.8 Å². The van der Waals surface area contributed by atoms with E-state index in [1.807, 2.05) is 4.90 Å². The van der Waals surface area contributed by atoms with Gasteiger partial charge in [-0.3, -0.25) is 4.79 Å². The standard InChI is InChI=1S/C15H20Cl2N2O2/c16-9-12(20)10-18-14-8-11(4-5-13(14)17)15(21)19-6-2-1-3-7-19/h4-5,8,12,18,20H,1-3,6-7,9-10H2. The monoisotopic (exact) mass is 330 g/mol. The summed E-state index contributed by atoms with van der Waals surface area (Å²) in [5, 5.41) is 13.0. The molecule has 0 spiro atoms. The van der Waals surface area contributed by atoms with Gasteiger partial charge in [-0.1, -0.05) is 11.6 Å². The predicted molar refractivity (Wildman–Crippen MR) is 86.4 cm³/mol. The fourth-order valence-electron chi connectivity index (χ4n) is 2.36. The third kappa shape index (κ3) is 4.50. The van der Waals surface area contributed by atoms with E-state index >= 15 is 0 Å². The molecule has 21 heavy (non-hydrogen) atoms. The van der Waals surface area contributed by atoms with Crippen LogP contribution in [0.2, 0.25) is 5.02 Å². The number of aliphatic hydroxyl groups is 1. The first-order chi connectivity index (χ1) is 10.1. The zero-order chi connectivity index (χ0) is 15.2. The number of hydrogen-bond donors (Lipinski definition) is 2. The van der Waals surface area contributed by atoms with Gasteiger partial charge in [0.2, 0.25) is 0 Å². The molecule has 1 aromatic carbocycles. The summed E-state index contributed by atoms with van der Waals surface area (Å²) >= 11 is 11.7. The van der Waals surface area contributed by atoms with E-state index in [-0.39, 0.29) is 11.8 Å². The summed E-state index contributed by atoms with van der Waals surface area (Å²) in [6.45, 7) is 1.93. The summed E-state index contributed by atoms with van der Waals surface area (Å²) < 4.78 is 0. The average molecular weight is 331 g/mol. The van der Waals surface area contributed by atoms with Crippen LogP contribution in [0.1, 0.15) is 29.6 Å². The average Bonchev–Trinajstić information content (AvgIpc) is 2.54. The Morgan fingerprint density at radius 1 is 1.33 bits per heavy atom. The molecule has 1 aromatic rings. The zero-order valence-electron chi connectivity index (χ0n) is 11.8. The van der Waals surface area contributed by atoms with Crippen LogP contribution in [0.15, 0.2) is 18.2 Å². The van der Waals surface area contributed by atoms with E-state index in [2.05, 4.69) is 5.32 Å². The van der Waals surface area contributed by atoms with E-state index in [4.69, 9.17) is 23.2 Å². The highest BCUT2D eigenvalue weighted by Gasteiger charge is 2.19. The summed E-state index contributed by atoms with van der Waals surface area (Å²) in [5.41, 5.74) is 1.26. The smallest absolute Gasteiger partial charge is 0.253 e. The van der Waals surface area contributed by atoms with Crippen LogP contribution in [0.5, 0.6) is 0 Å². The van der Waals surface area contributed by atoms with Crippen molar-refractivity contribution in [3.05, 3.63) is 28.8 Å². The molecular formula is C15H20Cl2N2O2. The minimum atomic E-state index is -0.649. The number of halogens is 2. The second kappa shape index (κ2) is 7.87. The number of piperidine rings is 1. The van der Waals surface area contributed by atoms with Crippen molar-refractivity contribution in [2.24, 2.45) is 0 Å². The minimum absolute atomic E-state index is 0.0345. The maximum Gasteiger partial charge on any atom is 0.253 e. The Morgan fingerprint density at radius 3 is 2.71 bits per heavy atom. The number of nitrogens with one attached hydrogen (secondary N) is 1. The lowest BCUT2D eigenvalue weighted by atomic mass is 10.1. The fraction of sp³-hybridized carbons (Fsp3) is 0.533. The number of likely N-dealkylation sites (tertiary alicyclic amines) is 1. The van der Waals surface area contributed by atoms with Crippen molar-refractivity contribution in [3.63, 3.8) is 0 Å². The molecule has 1 saturated heterocycles. The van der Waals surface area contributed by atoms with Gasteiger partial charge in [-0.25, -0.2) is 0 Å². The highest BCUT2D eigenvalue weighted by Crippen LogP contribution is 2.24. The second-order valence-electron chi connectivity index (χ2n) is 5.24. The summed E-state index contributed by atoms with van der Waals surface area (Å²) in [4.78, 5) is 14.3. The van der Waals surface area contributed by atoms with Gasteiger partial charge in [0.15, 0.2) is 0 Å². The maximum absolute atomic E-state index is 12.4. The molecule has 1 aliphatic heterocycles. The van der Waals surface area contributed by atoms with Crippen LogP contribution >= 0.6 is 23.2 Å². The summed E-state index contributed by atoms with van der Waals surface area (Å²) in [5.74, 6) is 0.184. The van der Waals surface area contributed by atoms with Crippen LogP contribution in [0, 0.1) is 0 Å². The van der Waals surface area contributed by atoms with Gasteiger partial charge in [-0.2, -0.15) is 0 Å². The van der Waals surface area contributed by atoms with Gasteiger partial charge in [0, 0.05) is 25.2 Å². The van der Waals surface area contributed by atoms with Crippen molar-refractivity contribution in [1.29, 1.82) is 0 Å². The van der Waals surface area contributed by atoms with Crippen molar-refractivity contribution < 1.29 is 9.90 Å². The van der Waals surface area contributed by atoms with Gasteiger partial charge in [0.1, 0.15) is 0 Å². The Balaban J connectivity index is 2.08. The van der Waals surface area contributed by atoms with Gasteiger partial charge in [0.05, 0.1) is 22.7 Å². The Labute approximate surface area is 135 Å². The van der Waals surface area contributed by atoms with Crippen LogP contribution in [-0.2, 0) is 0 Å². The Kier molecular flexibility index (Phi) is 6.15. The number of benzene rings is 1. The van der Waals surface area contributed by atoms with Gasteiger partial charge < -0.3 is 15.3 Å². The second-order valence-corrected chi connectivity index (χ2v) is 5.95. The molecule has 0 aliphatic carbocycles. The van der Waals surface area contributed by atoms with Gasteiger partial charge in [-0.15, -0.1) is 11.6 Å². The van der Waals surface area contributed by atoms with Crippen LogP contribution in [0.4, 0.5) is 5.69 Å². The first-order valence-electron chi connectivity index (χ1n) is 7.18. The molecule has 0 radical (unpaired) electrons. The van der Waals surface area contributed by atoms with Crippen molar-refractivity contribution in [1.82, 2.24) is 4.90 Å². The summed E-state index contributed by atoms with van der Waals surface area (Å²) in [6, 6.07) is 5.18. The molecule has 1 amide bonds. The first-order valence-corrected chi connectivity index (χ1v) is 8.10. The number of carbonyl (C=O) groups excluding carboxylic acids is 1. The number of aliphatic hydroxyl groups excluding tert-OH is 1. The SMILES string of the molecule is O=C(c1ccc(Cl)c(NCC(O)CCl)c1)N1CCCCC1.